The van der Waals surface area contributed by atoms with Crippen LogP contribution in [0.25, 0.3) is 0 Å². The van der Waals surface area contributed by atoms with Gasteiger partial charge in [0.05, 0.1) is 24.8 Å². The second-order valence-electron chi connectivity index (χ2n) is 4.96. The lowest BCUT2D eigenvalue weighted by Crippen LogP contribution is -2.28. The molecule has 112 valence electrons. The van der Waals surface area contributed by atoms with Crippen molar-refractivity contribution in [1.29, 1.82) is 0 Å². The molecule has 1 aromatic heterocycles. The van der Waals surface area contributed by atoms with Crippen molar-refractivity contribution in [2.45, 2.75) is 19.3 Å². The zero-order chi connectivity index (χ0) is 13.9. The molecule has 1 unspecified atom stereocenters. The fraction of sp³-hybridized carbons (Fsp3) is 0.333. The minimum atomic E-state index is -0.0205. The van der Waals surface area contributed by atoms with Gasteiger partial charge in [-0.25, -0.2) is 4.98 Å². The van der Waals surface area contributed by atoms with E-state index >= 15 is 0 Å². The number of amides is 1. The average Bonchev–Trinajstić information content (AvgIpc) is 2.95. The van der Waals surface area contributed by atoms with Crippen molar-refractivity contribution in [3.05, 3.63) is 42.0 Å². The van der Waals surface area contributed by atoms with Gasteiger partial charge in [0.25, 0.3) is 0 Å². The van der Waals surface area contributed by atoms with E-state index in [-0.39, 0.29) is 24.2 Å². The molecular weight excluding hydrogens is 290 g/mol. The number of para-hydroxylation sites is 2. The highest BCUT2D eigenvalue weighted by molar-refractivity contribution is 5.94. The second-order valence-corrected chi connectivity index (χ2v) is 4.96. The Morgan fingerprint density at radius 2 is 2.24 bits per heavy atom. The highest BCUT2D eigenvalue weighted by Gasteiger charge is 2.26. The first-order chi connectivity index (χ1) is 9.78. The predicted octanol–water partition coefficient (Wildman–Crippen LogP) is 2.58. The number of hydrogen-bond acceptors (Lipinski definition) is 3. The van der Waals surface area contributed by atoms with Crippen LogP contribution in [-0.4, -0.2) is 23.0 Å². The number of benzene rings is 1. The number of aromatic nitrogens is 2. The Hall–Kier alpha value is -2.01. The van der Waals surface area contributed by atoms with Crippen LogP contribution in [0.5, 0.6) is 5.75 Å². The van der Waals surface area contributed by atoms with Crippen LogP contribution in [0.3, 0.4) is 0 Å². The Kier molecular flexibility index (Phi) is 4.85. The number of rotatable bonds is 3. The molecule has 1 aliphatic carbocycles. The van der Waals surface area contributed by atoms with Crippen LogP contribution < -0.4 is 10.1 Å². The van der Waals surface area contributed by atoms with E-state index in [2.05, 4.69) is 15.3 Å². The molecule has 1 atom stereocenters. The van der Waals surface area contributed by atoms with E-state index in [1.54, 1.807) is 13.4 Å². The maximum atomic E-state index is 12.4. The van der Waals surface area contributed by atoms with Crippen molar-refractivity contribution in [2.75, 3.05) is 12.4 Å². The van der Waals surface area contributed by atoms with Crippen LogP contribution in [0.2, 0.25) is 0 Å². The standard InChI is InChI=1S/C15H17N3O2.ClH/c1-20-14-5-3-2-4-12(14)18-15(19)10-6-7-11-13(8-10)17-9-16-11;/h2-5,9-10H,6-8H2,1H3,(H,16,17)(H,18,19);1H. The number of fused-ring (bicyclic) bond motifs is 1. The summed E-state index contributed by atoms with van der Waals surface area (Å²) >= 11 is 0. The smallest absolute Gasteiger partial charge is 0.227 e. The summed E-state index contributed by atoms with van der Waals surface area (Å²) in [5.41, 5.74) is 2.89. The number of nitrogens with zero attached hydrogens (tertiary/aromatic N) is 1. The van der Waals surface area contributed by atoms with Gasteiger partial charge in [0.1, 0.15) is 5.75 Å². The lowest BCUT2D eigenvalue weighted by Gasteiger charge is -2.21. The van der Waals surface area contributed by atoms with Crippen LogP contribution in [-0.2, 0) is 17.6 Å². The molecule has 0 saturated heterocycles. The van der Waals surface area contributed by atoms with Gasteiger partial charge in [-0.15, -0.1) is 12.4 Å². The fourth-order valence-corrected chi connectivity index (χ4v) is 2.61. The van der Waals surface area contributed by atoms with E-state index in [0.717, 1.165) is 36.3 Å². The highest BCUT2D eigenvalue weighted by Crippen LogP contribution is 2.27. The maximum absolute atomic E-state index is 12.4. The zero-order valence-corrected chi connectivity index (χ0v) is 12.6. The zero-order valence-electron chi connectivity index (χ0n) is 11.8. The monoisotopic (exact) mass is 307 g/mol. The molecule has 0 fully saturated rings. The number of anilines is 1. The molecule has 2 aromatic rings. The Labute approximate surface area is 129 Å². The number of aromatic amines is 1. The molecule has 1 amide bonds. The molecule has 2 N–H and O–H groups in total. The molecule has 6 heteroatoms. The summed E-state index contributed by atoms with van der Waals surface area (Å²) in [6, 6.07) is 7.45. The van der Waals surface area contributed by atoms with E-state index in [1.807, 2.05) is 24.3 Å². The van der Waals surface area contributed by atoms with E-state index < -0.39 is 0 Å². The molecule has 0 saturated carbocycles. The average molecular weight is 308 g/mol. The molecule has 1 heterocycles. The van der Waals surface area contributed by atoms with Crippen molar-refractivity contribution >= 4 is 24.0 Å². The first-order valence-corrected chi connectivity index (χ1v) is 6.73. The number of carbonyl (C=O) groups is 1. The fourth-order valence-electron chi connectivity index (χ4n) is 2.61. The van der Waals surface area contributed by atoms with Gasteiger partial charge in [-0.3, -0.25) is 4.79 Å². The molecular formula is C15H18ClN3O2. The van der Waals surface area contributed by atoms with Gasteiger partial charge in [-0.2, -0.15) is 0 Å². The summed E-state index contributed by atoms with van der Waals surface area (Å²) in [6.45, 7) is 0. The van der Waals surface area contributed by atoms with Crippen LogP contribution in [0.4, 0.5) is 5.69 Å². The number of hydrogen-bond donors (Lipinski definition) is 2. The molecule has 0 spiro atoms. The van der Waals surface area contributed by atoms with Crippen LogP contribution >= 0.6 is 12.4 Å². The number of H-pyrrole nitrogens is 1. The molecule has 21 heavy (non-hydrogen) atoms. The topological polar surface area (TPSA) is 67.0 Å². The third-order valence-electron chi connectivity index (χ3n) is 3.72. The van der Waals surface area contributed by atoms with Gasteiger partial charge in [-0.1, -0.05) is 12.1 Å². The molecule has 0 aliphatic heterocycles. The summed E-state index contributed by atoms with van der Waals surface area (Å²) in [5, 5.41) is 2.96. The van der Waals surface area contributed by atoms with Crippen LogP contribution in [0.15, 0.2) is 30.6 Å². The normalized spacial score (nSPS) is 16.5. The van der Waals surface area contributed by atoms with E-state index in [4.69, 9.17) is 4.74 Å². The molecule has 1 aromatic carbocycles. The number of carbonyl (C=O) groups excluding carboxylic acids is 1. The summed E-state index contributed by atoms with van der Waals surface area (Å²) < 4.78 is 5.25. The lowest BCUT2D eigenvalue weighted by molar-refractivity contribution is -0.120. The lowest BCUT2D eigenvalue weighted by atomic mass is 9.89. The summed E-state index contributed by atoms with van der Waals surface area (Å²) in [6.07, 6.45) is 4.10. The maximum Gasteiger partial charge on any atom is 0.227 e. The predicted molar refractivity (Wildman–Crippen MR) is 83.0 cm³/mol. The minimum Gasteiger partial charge on any atom is -0.495 e. The Morgan fingerprint density at radius 1 is 1.43 bits per heavy atom. The Morgan fingerprint density at radius 3 is 3.05 bits per heavy atom. The number of imidazole rings is 1. The van der Waals surface area contributed by atoms with Crippen molar-refractivity contribution in [3.63, 3.8) is 0 Å². The number of nitrogens with one attached hydrogen (secondary N) is 2. The van der Waals surface area contributed by atoms with Crippen molar-refractivity contribution in [1.82, 2.24) is 9.97 Å². The highest BCUT2D eigenvalue weighted by atomic mass is 35.5. The largest absolute Gasteiger partial charge is 0.495 e. The molecule has 0 radical (unpaired) electrons. The van der Waals surface area contributed by atoms with E-state index in [9.17, 15) is 4.79 Å². The van der Waals surface area contributed by atoms with Crippen molar-refractivity contribution in [3.8, 4) is 5.75 Å². The van der Waals surface area contributed by atoms with E-state index in [1.165, 1.54) is 0 Å². The van der Waals surface area contributed by atoms with Gasteiger partial charge >= 0.3 is 0 Å². The SMILES string of the molecule is COc1ccccc1NC(=O)C1CCc2nc[nH]c2C1.Cl. The second kappa shape index (κ2) is 6.63. The molecule has 1 aliphatic rings. The third kappa shape index (κ3) is 3.19. The van der Waals surface area contributed by atoms with Gasteiger partial charge < -0.3 is 15.0 Å². The van der Waals surface area contributed by atoms with Crippen LogP contribution in [0, 0.1) is 5.92 Å². The first-order valence-electron chi connectivity index (χ1n) is 6.73. The Bertz CT molecular complexity index is 627. The summed E-state index contributed by atoms with van der Waals surface area (Å²) in [7, 11) is 1.60. The number of methoxy groups -OCH3 is 1. The van der Waals surface area contributed by atoms with Gasteiger partial charge in [0.15, 0.2) is 0 Å². The number of ether oxygens (including phenoxy) is 1. The molecule has 3 rings (SSSR count). The van der Waals surface area contributed by atoms with Crippen LogP contribution in [0.1, 0.15) is 17.8 Å². The quantitative estimate of drug-likeness (QED) is 0.916. The third-order valence-corrected chi connectivity index (χ3v) is 3.72. The number of halogens is 1. The van der Waals surface area contributed by atoms with Crippen molar-refractivity contribution in [2.24, 2.45) is 5.92 Å². The minimum absolute atomic E-state index is 0. The van der Waals surface area contributed by atoms with Gasteiger partial charge in [0, 0.05) is 18.0 Å². The summed E-state index contributed by atoms with van der Waals surface area (Å²) in [4.78, 5) is 19.7. The van der Waals surface area contributed by atoms with E-state index in [0.29, 0.717) is 5.75 Å². The van der Waals surface area contributed by atoms with Gasteiger partial charge in [-0.05, 0) is 25.0 Å². The van der Waals surface area contributed by atoms with Gasteiger partial charge in [0.2, 0.25) is 5.91 Å². The molecule has 0 bridgehead atoms. The van der Waals surface area contributed by atoms with Crippen molar-refractivity contribution < 1.29 is 9.53 Å². The summed E-state index contributed by atoms with van der Waals surface area (Å²) in [5.74, 6) is 0.696. The Balaban J connectivity index is 0.00000161. The first kappa shape index (κ1) is 15.4. The number of aryl methyl sites for hydroxylation is 1. The molecule has 5 nitrogen and oxygen atoms in total.